The van der Waals surface area contributed by atoms with E-state index in [0.29, 0.717) is 146 Å². The van der Waals surface area contributed by atoms with E-state index in [-0.39, 0.29) is 73.0 Å². The number of pyridine rings is 4. The van der Waals surface area contributed by atoms with E-state index >= 15 is 0 Å². The smallest absolute Gasteiger partial charge is 0.378 e. The monoisotopic (exact) mass is 2050 g/mol. The van der Waals surface area contributed by atoms with Gasteiger partial charge in [0, 0.05) is 137 Å². The molecule has 0 aliphatic carbocycles. The van der Waals surface area contributed by atoms with Crippen molar-refractivity contribution in [3.8, 4) is 45.0 Å². The van der Waals surface area contributed by atoms with Crippen LogP contribution in [0.4, 0.5) is 94.9 Å². The van der Waals surface area contributed by atoms with Crippen molar-refractivity contribution < 1.29 is 104 Å². The Morgan fingerprint density at radius 2 is 0.686 bits per heavy atom. The summed E-state index contributed by atoms with van der Waals surface area (Å²) in [6.45, 7) is 10.9. The predicted molar refractivity (Wildman–Crippen MR) is 492 cm³/mol. The number of piperidine rings is 4. The predicted octanol–water partition coefficient (Wildman–Crippen LogP) is 12.9. The van der Waals surface area contributed by atoms with Gasteiger partial charge in [-0.2, -0.15) is 33.6 Å². The number of anilines is 5. The van der Waals surface area contributed by atoms with Crippen molar-refractivity contribution in [3.63, 3.8) is 0 Å². The fraction of sp³-hybridized carbons (Fsp3) is 0.494. The zero-order valence-corrected chi connectivity index (χ0v) is 80.0. The van der Waals surface area contributed by atoms with Crippen LogP contribution in [0.3, 0.4) is 0 Å². The molecular formula is C87H102F15N25O9S4. The van der Waals surface area contributed by atoms with Crippen molar-refractivity contribution in [2.45, 2.75) is 110 Å². The molecule has 34 nitrogen and oxygen atoms in total. The Kier molecular flexibility index (Phi) is 31.9. The van der Waals surface area contributed by atoms with Gasteiger partial charge >= 0.3 is 6.18 Å². The first-order valence-electron chi connectivity index (χ1n) is 44.5. The van der Waals surface area contributed by atoms with Gasteiger partial charge in [0.2, 0.25) is 40.1 Å². The Morgan fingerprint density at radius 3 is 1.00 bits per heavy atom. The fourth-order valence-electron chi connectivity index (χ4n) is 17.0. The van der Waals surface area contributed by atoms with Crippen LogP contribution in [0, 0.1) is 35.5 Å². The molecule has 0 spiro atoms. The Morgan fingerprint density at radius 1 is 0.386 bits per heavy atom. The third-order valence-corrected chi connectivity index (χ3v) is 27.1. The van der Waals surface area contributed by atoms with Crippen LogP contribution in [0.25, 0.3) is 67.6 Å². The summed E-state index contributed by atoms with van der Waals surface area (Å²) in [7, 11) is -13.9. The van der Waals surface area contributed by atoms with Crippen LogP contribution in [0.5, 0.6) is 0 Å². The minimum Gasteiger partial charge on any atom is -0.378 e. The van der Waals surface area contributed by atoms with Crippen LogP contribution in [-0.4, -0.2) is 254 Å². The molecule has 17 rings (SSSR count). The molecule has 6 atom stereocenters. The molecule has 758 valence electrons. The number of rotatable bonds is 27. The minimum atomic E-state index is -4.75. The van der Waals surface area contributed by atoms with Crippen molar-refractivity contribution in [2.75, 3.05) is 154 Å². The Hall–Kier alpha value is -11.4. The highest BCUT2D eigenvalue weighted by Crippen LogP contribution is 2.44. The Bertz CT molecular complexity index is 6700. The summed E-state index contributed by atoms with van der Waals surface area (Å²) in [5.41, 5.74) is 3.71. The van der Waals surface area contributed by atoms with E-state index in [0.717, 1.165) is 78.3 Å². The number of halogens is 15. The molecule has 0 saturated carbocycles. The number of sulfonamides is 4. The summed E-state index contributed by atoms with van der Waals surface area (Å²) >= 11 is 0. The average molecular weight is 2060 g/mol. The van der Waals surface area contributed by atoms with E-state index in [1.54, 1.807) is 45.2 Å². The molecule has 17 heterocycles. The molecule has 4 N–H and O–H groups in total. The maximum absolute atomic E-state index is 14.9. The van der Waals surface area contributed by atoms with Crippen molar-refractivity contribution in [1.82, 2.24) is 97.2 Å². The first-order chi connectivity index (χ1) is 65.9. The number of hydrogen-bond acceptors (Lipinski definition) is 26. The van der Waals surface area contributed by atoms with Gasteiger partial charge in [-0.15, -0.1) is 0 Å². The number of alkyl halides is 15. The van der Waals surface area contributed by atoms with E-state index in [2.05, 4.69) is 84.0 Å². The van der Waals surface area contributed by atoms with Crippen molar-refractivity contribution in [2.24, 2.45) is 35.5 Å². The largest absolute Gasteiger partial charge is 0.433 e. The SMILES string of the molecule is CCc1cc(-c2cnc3ccc(C(F)F)nn23)cc(N2CC(C)C(F)(F)C(CNS(C)(=O)=O)C2)n1.CCc1cc(-c2cnc3ccc(C(F)F)nn23)cc(N2CC(C)C(F)(F)C(CNS(C)(=O)=O)C2)n1.CS(=O)(=O)NCC1CCCN(c2cc(-c3cnc4ccc(C(F)F)nn34)cc(C(F)(F)F)n2)C1.CS(=O)(=O)NCC1CCCN(c2cc(-c3cnc4ccc(C(F)F)nn34)cc(N3CCOCC3)n2)C1. The second-order valence-electron chi connectivity index (χ2n) is 35.0. The van der Waals surface area contributed by atoms with E-state index in [4.69, 9.17) is 9.72 Å². The molecule has 0 bridgehead atoms. The lowest BCUT2D eigenvalue weighted by Crippen LogP contribution is -2.56. The molecule has 6 unspecified atom stereocenters. The second-order valence-corrected chi connectivity index (χ2v) is 42.4. The van der Waals surface area contributed by atoms with Gasteiger partial charge in [0.1, 0.15) is 57.6 Å². The Labute approximate surface area is 795 Å². The zero-order valence-electron chi connectivity index (χ0n) is 76.7. The number of hydrogen-bond donors (Lipinski definition) is 4. The topological polar surface area (TPSA) is 382 Å². The summed E-state index contributed by atoms with van der Waals surface area (Å²) in [6, 6.07) is 23.6. The Balaban J connectivity index is 0.000000149. The van der Waals surface area contributed by atoms with Crippen LogP contribution in [-0.2, 0) is 63.8 Å². The first kappa shape index (κ1) is 104. The molecule has 5 aliphatic rings. The van der Waals surface area contributed by atoms with Gasteiger partial charge in [-0.1, -0.05) is 27.7 Å². The van der Waals surface area contributed by atoms with Crippen molar-refractivity contribution >= 4 is 91.8 Å². The van der Waals surface area contributed by atoms with E-state index < -0.39 is 143 Å². The number of ether oxygens (including phenoxy) is 1. The quantitative estimate of drug-likeness (QED) is 0.0347. The van der Waals surface area contributed by atoms with E-state index in [1.807, 2.05) is 26.0 Å². The van der Waals surface area contributed by atoms with Crippen molar-refractivity contribution in [1.29, 1.82) is 0 Å². The fourth-order valence-corrected chi connectivity index (χ4v) is 19.1. The molecule has 5 aliphatic heterocycles. The zero-order chi connectivity index (χ0) is 101. The van der Waals surface area contributed by atoms with Crippen LogP contribution in [0.15, 0.2) is 122 Å². The van der Waals surface area contributed by atoms with Gasteiger partial charge in [0.05, 0.1) is 97.6 Å². The molecule has 53 heteroatoms. The lowest BCUT2D eigenvalue weighted by atomic mass is 9.86. The van der Waals surface area contributed by atoms with E-state index in [9.17, 15) is 99.5 Å². The van der Waals surface area contributed by atoms with Crippen LogP contribution >= 0.6 is 0 Å². The number of nitrogens with zero attached hydrogens (tertiary/aromatic N) is 21. The number of nitrogens with one attached hydrogen (secondary N) is 4. The van der Waals surface area contributed by atoms with Gasteiger partial charge in [-0.25, -0.2) is 163 Å². The number of aryl methyl sites for hydroxylation is 2. The summed E-state index contributed by atoms with van der Waals surface area (Å²) < 4.78 is 319. The number of morpholine rings is 1. The van der Waals surface area contributed by atoms with Gasteiger partial charge in [0.15, 0.2) is 22.6 Å². The highest BCUT2D eigenvalue weighted by molar-refractivity contribution is 7.89. The standard InChI is InChI=1S/C23H29F2N7O3S.2C22H26F4N6O2S.C20H21F5N6O2S/c1-36(33,34)27-13-16-3-2-6-31(15-16)22-12-17(11-21(28-22)30-7-9-35-10-8-30)19-14-26-20-5-4-18(23(24)25)29-32(19)20;2*1-4-16-7-14(18-10-27-19-6-5-17(21(23)24)30-32(18)19)8-20(29-16)31-11-13(2)22(25,26)15(12-31)9-28-35(3,33)34;1-34(32,33)27-9-12-3-2-6-30(11-12)18-8-13(7-16(28-18)20(23,24)25)15-10-26-17-5-4-14(19(21)22)29-31(15)17/h4-5,11-12,14,16,23,27H,2-3,6-10,13,15H2,1H3;2*5-8,10,13,15,21,28H,4,9,11-12H2,1-3H3;4-5,7-8,10,12,19,27H,2-3,6,9,11H2,1H3. The number of aromatic nitrogens is 16. The molecule has 0 aromatic carbocycles. The van der Waals surface area contributed by atoms with Gasteiger partial charge in [-0.05, 0) is 147 Å². The first-order valence-corrected chi connectivity index (χ1v) is 52.0. The average Bonchev–Trinajstić information content (AvgIpc) is 1.28. The maximum Gasteiger partial charge on any atom is 0.433 e. The lowest BCUT2D eigenvalue weighted by molar-refractivity contribution is -0.141. The molecule has 140 heavy (non-hydrogen) atoms. The normalized spacial score (nSPS) is 19.6. The van der Waals surface area contributed by atoms with E-state index in [1.165, 1.54) is 94.5 Å². The molecule has 12 aromatic heterocycles. The number of fused-ring (bicyclic) bond motifs is 4. The highest BCUT2D eigenvalue weighted by atomic mass is 32.2. The third-order valence-electron chi connectivity index (χ3n) is 24.4. The summed E-state index contributed by atoms with van der Waals surface area (Å²) in [5.74, 6) is -8.30. The maximum atomic E-state index is 14.9. The van der Waals surface area contributed by atoms with Gasteiger partial charge in [0.25, 0.3) is 37.5 Å². The van der Waals surface area contributed by atoms with Gasteiger partial charge in [-0.3, -0.25) is 0 Å². The number of imidazole rings is 4. The van der Waals surface area contributed by atoms with Gasteiger partial charge < -0.3 is 29.2 Å². The molecule has 0 radical (unpaired) electrons. The minimum absolute atomic E-state index is 0.0168. The molecule has 5 saturated heterocycles. The summed E-state index contributed by atoms with van der Waals surface area (Å²) in [5, 5.41) is 16.0. The summed E-state index contributed by atoms with van der Waals surface area (Å²) in [6.07, 6.45) is -1.53. The molecule has 12 aromatic rings. The molecular weight excluding hydrogens is 1950 g/mol. The lowest BCUT2D eigenvalue weighted by Gasteiger charge is -2.43. The van der Waals surface area contributed by atoms with Crippen molar-refractivity contribution in [3.05, 3.63) is 162 Å². The second kappa shape index (κ2) is 42.8. The van der Waals surface area contributed by atoms with Crippen LogP contribution in [0.1, 0.15) is 119 Å². The highest BCUT2D eigenvalue weighted by Gasteiger charge is 2.52. The summed E-state index contributed by atoms with van der Waals surface area (Å²) in [4.78, 5) is 44.3. The third kappa shape index (κ3) is 25.7. The van der Waals surface area contributed by atoms with Crippen LogP contribution < -0.4 is 43.4 Å². The molecule has 5 fully saturated rings. The molecule has 0 amide bonds. The van der Waals surface area contributed by atoms with Crippen LogP contribution in [0.2, 0.25) is 0 Å².